The molecule has 0 saturated heterocycles. The van der Waals surface area contributed by atoms with Crippen molar-refractivity contribution in [3.05, 3.63) is 44.7 Å². The van der Waals surface area contributed by atoms with E-state index in [-0.39, 0.29) is 29.0 Å². The van der Waals surface area contributed by atoms with Crippen LogP contribution < -0.4 is 20.9 Å². The first-order chi connectivity index (χ1) is 11.9. The number of amides is 1. The van der Waals surface area contributed by atoms with Gasteiger partial charge in [0.2, 0.25) is 11.6 Å². The Morgan fingerprint density at radius 3 is 2.68 bits per heavy atom. The summed E-state index contributed by atoms with van der Waals surface area (Å²) in [5, 5.41) is 14.4. The lowest BCUT2D eigenvalue weighted by molar-refractivity contribution is -0.383. The van der Waals surface area contributed by atoms with Crippen LogP contribution in [-0.2, 0) is 4.79 Å². The molecule has 1 aromatic carbocycles. The number of nitro groups is 1. The van der Waals surface area contributed by atoms with E-state index in [4.69, 9.17) is 27.9 Å². The third kappa shape index (κ3) is 4.81. The zero-order valence-electron chi connectivity index (χ0n) is 12.7. The van der Waals surface area contributed by atoms with E-state index in [2.05, 4.69) is 26.1 Å². The van der Waals surface area contributed by atoms with Crippen molar-refractivity contribution in [2.24, 2.45) is 0 Å². The quantitative estimate of drug-likeness (QED) is 0.487. The lowest BCUT2D eigenvalue weighted by atomic mass is 10.3. The average molecular weight is 387 g/mol. The number of hydrogen-bond donors (Lipinski definition) is 3. The Morgan fingerprint density at radius 1 is 1.32 bits per heavy atom. The highest BCUT2D eigenvalue weighted by Gasteiger charge is 2.22. The van der Waals surface area contributed by atoms with Crippen LogP contribution in [0.5, 0.6) is 5.75 Å². The Kier molecular flexibility index (Phi) is 6.14. The van der Waals surface area contributed by atoms with Gasteiger partial charge in [0.25, 0.3) is 5.91 Å². The van der Waals surface area contributed by atoms with Crippen LogP contribution >= 0.6 is 23.2 Å². The van der Waals surface area contributed by atoms with Crippen LogP contribution in [0.1, 0.15) is 0 Å². The molecule has 0 spiro atoms. The van der Waals surface area contributed by atoms with Crippen LogP contribution in [0.4, 0.5) is 17.3 Å². The second-order valence-corrected chi connectivity index (χ2v) is 5.31. The van der Waals surface area contributed by atoms with Crippen LogP contribution in [0.2, 0.25) is 10.0 Å². The van der Waals surface area contributed by atoms with Gasteiger partial charge >= 0.3 is 5.69 Å². The summed E-state index contributed by atoms with van der Waals surface area (Å²) in [6, 6.07) is 4.54. The van der Waals surface area contributed by atoms with E-state index in [1.54, 1.807) is 6.07 Å². The Morgan fingerprint density at radius 2 is 2.04 bits per heavy atom. The van der Waals surface area contributed by atoms with Gasteiger partial charge in [0, 0.05) is 12.1 Å². The number of nitrogens with one attached hydrogen (secondary N) is 3. The number of hydrazine groups is 1. The lowest BCUT2D eigenvalue weighted by Crippen LogP contribution is -2.34. The topological polar surface area (TPSA) is 131 Å². The molecule has 3 N–H and O–H groups in total. The Hall–Kier alpha value is -2.85. The van der Waals surface area contributed by atoms with Gasteiger partial charge in [0.1, 0.15) is 12.1 Å². The fourth-order valence-corrected chi connectivity index (χ4v) is 2.19. The maximum absolute atomic E-state index is 11.8. The Bertz CT molecular complexity index is 804. The van der Waals surface area contributed by atoms with Crippen molar-refractivity contribution in [1.29, 1.82) is 0 Å². The van der Waals surface area contributed by atoms with Gasteiger partial charge in [-0.15, -0.1) is 0 Å². The molecule has 0 aliphatic heterocycles. The molecule has 0 bridgehead atoms. The highest BCUT2D eigenvalue weighted by molar-refractivity contribution is 6.35. The molecule has 0 unspecified atom stereocenters. The number of benzene rings is 1. The summed E-state index contributed by atoms with van der Waals surface area (Å²) in [4.78, 5) is 29.7. The predicted molar refractivity (Wildman–Crippen MR) is 92.0 cm³/mol. The molecule has 2 rings (SSSR count). The first-order valence-corrected chi connectivity index (χ1v) is 7.47. The second-order valence-electron chi connectivity index (χ2n) is 4.46. The van der Waals surface area contributed by atoms with Crippen LogP contribution in [0.3, 0.4) is 0 Å². The van der Waals surface area contributed by atoms with Crippen molar-refractivity contribution in [2.75, 3.05) is 24.4 Å². The minimum atomic E-state index is -0.676. The van der Waals surface area contributed by atoms with Crippen molar-refractivity contribution < 1.29 is 14.5 Å². The summed E-state index contributed by atoms with van der Waals surface area (Å²) in [7, 11) is 1.47. The standard InChI is InChI=1S/C13H12Cl2N6O4/c1-16-12-11(21(23)24)13(18-6-17-12)20-19-10(22)5-25-9-3-2-7(14)4-8(9)15/h2-4,6H,5H2,1H3,(H,19,22)(H2,16,17,18,20). The Balaban J connectivity index is 1.97. The number of carbonyl (C=O) groups excluding carboxylic acids is 1. The monoisotopic (exact) mass is 386 g/mol. The minimum absolute atomic E-state index is 0.000875. The van der Waals surface area contributed by atoms with Gasteiger partial charge in [0.05, 0.1) is 9.95 Å². The SMILES string of the molecule is CNc1ncnc(NNC(=O)COc2ccc(Cl)cc2Cl)c1[N+](=O)[O-]. The first kappa shape index (κ1) is 18.5. The van der Waals surface area contributed by atoms with Crippen molar-refractivity contribution in [2.45, 2.75) is 0 Å². The summed E-state index contributed by atoms with van der Waals surface area (Å²) in [5.74, 6) is -0.514. The van der Waals surface area contributed by atoms with Gasteiger partial charge < -0.3 is 10.1 Å². The highest BCUT2D eigenvalue weighted by atomic mass is 35.5. The number of aromatic nitrogens is 2. The molecule has 1 amide bonds. The summed E-state index contributed by atoms with van der Waals surface area (Å²) >= 11 is 11.7. The normalized spacial score (nSPS) is 10.0. The van der Waals surface area contributed by atoms with Crippen LogP contribution in [-0.4, -0.2) is 34.5 Å². The van der Waals surface area contributed by atoms with E-state index in [0.29, 0.717) is 5.02 Å². The molecular formula is C13H12Cl2N6O4. The van der Waals surface area contributed by atoms with Gasteiger partial charge in [-0.05, 0) is 18.2 Å². The number of hydrogen-bond acceptors (Lipinski definition) is 8. The van der Waals surface area contributed by atoms with Crippen molar-refractivity contribution in [1.82, 2.24) is 15.4 Å². The fourth-order valence-electron chi connectivity index (χ4n) is 1.73. The lowest BCUT2D eigenvalue weighted by Gasteiger charge is -2.11. The summed E-state index contributed by atoms with van der Waals surface area (Å²) in [5.41, 5.74) is 4.19. The maximum atomic E-state index is 11.8. The molecule has 0 fully saturated rings. The molecular weight excluding hydrogens is 375 g/mol. The second kappa shape index (κ2) is 8.31. The van der Waals surface area contributed by atoms with E-state index in [9.17, 15) is 14.9 Å². The highest BCUT2D eigenvalue weighted by Crippen LogP contribution is 2.28. The molecule has 12 heteroatoms. The zero-order valence-corrected chi connectivity index (χ0v) is 14.3. The Labute approximate surface area is 151 Å². The number of nitrogens with zero attached hydrogens (tertiary/aromatic N) is 3. The molecule has 10 nitrogen and oxygen atoms in total. The fraction of sp³-hybridized carbons (Fsp3) is 0.154. The number of halogens is 2. The van der Waals surface area contributed by atoms with E-state index < -0.39 is 16.5 Å². The third-order valence-corrected chi connectivity index (χ3v) is 3.35. The molecule has 1 aromatic heterocycles. The van der Waals surface area contributed by atoms with E-state index in [1.165, 1.54) is 19.2 Å². The number of rotatable bonds is 7. The smallest absolute Gasteiger partial charge is 0.354 e. The molecule has 1 heterocycles. The molecule has 0 atom stereocenters. The molecule has 0 radical (unpaired) electrons. The first-order valence-electron chi connectivity index (χ1n) is 6.72. The number of carbonyl (C=O) groups is 1. The van der Waals surface area contributed by atoms with Crippen molar-refractivity contribution in [3.63, 3.8) is 0 Å². The molecule has 132 valence electrons. The van der Waals surface area contributed by atoms with Crippen LogP contribution in [0.15, 0.2) is 24.5 Å². The van der Waals surface area contributed by atoms with E-state index in [1.807, 2.05) is 0 Å². The van der Waals surface area contributed by atoms with Gasteiger partial charge in [-0.1, -0.05) is 23.2 Å². The minimum Gasteiger partial charge on any atom is -0.482 e. The molecule has 2 aromatic rings. The average Bonchev–Trinajstić information content (AvgIpc) is 2.58. The van der Waals surface area contributed by atoms with Crippen LogP contribution in [0, 0.1) is 10.1 Å². The maximum Gasteiger partial charge on any atom is 0.354 e. The van der Waals surface area contributed by atoms with Crippen LogP contribution in [0.25, 0.3) is 0 Å². The predicted octanol–water partition coefficient (Wildman–Crippen LogP) is 2.26. The van der Waals surface area contributed by atoms with Crippen molar-refractivity contribution >= 4 is 46.4 Å². The van der Waals surface area contributed by atoms with Gasteiger partial charge in [-0.25, -0.2) is 9.97 Å². The largest absolute Gasteiger partial charge is 0.482 e. The zero-order chi connectivity index (χ0) is 18.4. The summed E-state index contributed by atoms with van der Waals surface area (Å²) in [6.45, 7) is -0.383. The number of ether oxygens (including phenoxy) is 1. The molecule has 0 saturated carbocycles. The van der Waals surface area contributed by atoms with Gasteiger partial charge in [-0.3, -0.25) is 25.8 Å². The molecule has 0 aliphatic carbocycles. The number of anilines is 2. The summed E-state index contributed by atoms with van der Waals surface area (Å²) < 4.78 is 5.24. The van der Waals surface area contributed by atoms with Gasteiger partial charge in [0.15, 0.2) is 6.61 Å². The molecule has 25 heavy (non-hydrogen) atoms. The molecule has 0 aliphatic rings. The van der Waals surface area contributed by atoms with Gasteiger partial charge in [-0.2, -0.15) is 0 Å². The summed E-state index contributed by atoms with van der Waals surface area (Å²) in [6.07, 6.45) is 1.11. The van der Waals surface area contributed by atoms with E-state index >= 15 is 0 Å². The van der Waals surface area contributed by atoms with E-state index in [0.717, 1.165) is 6.33 Å². The van der Waals surface area contributed by atoms with Crippen molar-refractivity contribution in [3.8, 4) is 5.75 Å². The third-order valence-electron chi connectivity index (χ3n) is 2.81.